The van der Waals surface area contributed by atoms with Gasteiger partial charge in [-0.25, -0.2) is 14.8 Å². The van der Waals surface area contributed by atoms with Crippen LogP contribution in [-0.2, 0) is 6.18 Å². The molecular formula is C21H16F3N3O2. The number of carboxylic acid groups (broad SMARTS) is 1. The Hall–Kier alpha value is -3.42. The van der Waals surface area contributed by atoms with Gasteiger partial charge < -0.3 is 10.4 Å². The molecular weight excluding hydrogens is 383 g/mol. The van der Waals surface area contributed by atoms with Gasteiger partial charge in [-0.2, -0.15) is 13.2 Å². The zero-order chi connectivity index (χ0) is 20.6. The molecule has 1 fully saturated rings. The summed E-state index contributed by atoms with van der Waals surface area (Å²) in [6.45, 7) is 0. The first-order valence-electron chi connectivity index (χ1n) is 8.96. The summed E-state index contributed by atoms with van der Waals surface area (Å²) in [7, 11) is 0. The van der Waals surface area contributed by atoms with E-state index in [2.05, 4.69) is 15.3 Å². The van der Waals surface area contributed by atoms with Crippen LogP contribution in [0.5, 0.6) is 0 Å². The van der Waals surface area contributed by atoms with Crippen molar-refractivity contribution in [2.45, 2.75) is 24.9 Å². The van der Waals surface area contributed by atoms with Gasteiger partial charge in [0.15, 0.2) is 5.82 Å². The summed E-state index contributed by atoms with van der Waals surface area (Å²) in [5.74, 6) is -0.712. The van der Waals surface area contributed by atoms with Gasteiger partial charge in [0.05, 0.1) is 34.9 Å². The Balaban J connectivity index is 1.61. The lowest BCUT2D eigenvalue weighted by Gasteiger charge is -2.13. The highest BCUT2D eigenvalue weighted by Gasteiger charge is 2.34. The molecule has 4 rings (SSSR count). The van der Waals surface area contributed by atoms with Gasteiger partial charge in [-0.1, -0.05) is 24.3 Å². The number of aromatic nitrogens is 2. The molecule has 5 nitrogen and oxygen atoms in total. The third-order valence-corrected chi connectivity index (χ3v) is 4.73. The molecule has 1 heterocycles. The molecule has 3 aromatic rings. The summed E-state index contributed by atoms with van der Waals surface area (Å²) >= 11 is 0. The van der Waals surface area contributed by atoms with E-state index in [0.29, 0.717) is 17.3 Å². The predicted molar refractivity (Wildman–Crippen MR) is 101 cm³/mol. The normalized spacial score (nSPS) is 13.9. The van der Waals surface area contributed by atoms with Crippen molar-refractivity contribution in [3.63, 3.8) is 0 Å². The average Bonchev–Trinajstić information content (AvgIpc) is 3.53. The minimum absolute atomic E-state index is 0.0639. The molecule has 1 aliphatic rings. The van der Waals surface area contributed by atoms with Crippen molar-refractivity contribution in [3.8, 4) is 11.4 Å². The van der Waals surface area contributed by atoms with E-state index in [4.69, 9.17) is 0 Å². The van der Waals surface area contributed by atoms with Crippen molar-refractivity contribution < 1.29 is 23.1 Å². The SMILES string of the molecule is O=C(O)c1cc(C2CC2)ccc1Nc1cnc(-c2ccccc2C(F)(F)F)nc1. The van der Waals surface area contributed by atoms with Gasteiger partial charge in [0.2, 0.25) is 0 Å². The van der Waals surface area contributed by atoms with Gasteiger partial charge in [-0.05, 0) is 42.5 Å². The van der Waals surface area contributed by atoms with Crippen LogP contribution in [0.15, 0.2) is 54.9 Å². The van der Waals surface area contributed by atoms with Crippen LogP contribution in [0.4, 0.5) is 24.5 Å². The first-order valence-corrected chi connectivity index (χ1v) is 8.96. The Kier molecular flexibility index (Phi) is 4.70. The Labute approximate surface area is 164 Å². The van der Waals surface area contributed by atoms with Crippen molar-refractivity contribution in [1.82, 2.24) is 9.97 Å². The maximum atomic E-state index is 13.2. The summed E-state index contributed by atoms with van der Waals surface area (Å²) in [4.78, 5) is 19.7. The molecule has 0 amide bonds. The molecule has 0 bridgehead atoms. The zero-order valence-electron chi connectivity index (χ0n) is 15.1. The second-order valence-corrected chi connectivity index (χ2v) is 6.85. The molecule has 29 heavy (non-hydrogen) atoms. The van der Waals surface area contributed by atoms with E-state index in [9.17, 15) is 23.1 Å². The maximum Gasteiger partial charge on any atom is 0.417 e. The second-order valence-electron chi connectivity index (χ2n) is 6.85. The standard InChI is InChI=1S/C21H16F3N3O2/c22-21(23,24)17-4-2-1-3-15(17)19-25-10-14(11-26-19)27-18-8-7-13(12-5-6-12)9-16(18)20(28)29/h1-4,7-12,27H,5-6H2,(H,28,29). The largest absolute Gasteiger partial charge is 0.478 e. The third-order valence-electron chi connectivity index (χ3n) is 4.73. The van der Waals surface area contributed by atoms with Crippen LogP contribution in [0.1, 0.15) is 40.2 Å². The van der Waals surface area contributed by atoms with Crippen molar-refractivity contribution in [2.75, 3.05) is 5.32 Å². The van der Waals surface area contributed by atoms with Crippen LogP contribution in [0.3, 0.4) is 0 Å². The predicted octanol–water partition coefficient (Wildman–Crippen LogP) is 5.48. The van der Waals surface area contributed by atoms with Gasteiger partial charge in [-0.3, -0.25) is 0 Å². The fraction of sp³-hybridized carbons (Fsp3) is 0.190. The minimum Gasteiger partial charge on any atom is -0.478 e. The Morgan fingerprint density at radius 3 is 2.38 bits per heavy atom. The number of hydrogen-bond acceptors (Lipinski definition) is 4. The van der Waals surface area contributed by atoms with E-state index in [1.165, 1.54) is 30.6 Å². The molecule has 2 N–H and O–H groups in total. The van der Waals surface area contributed by atoms with Gasteiger partial charge in [-0.15, -0.1) is 0 Å². The highest BCUT2D eigenvalue weighted by molar-refractivity contribution is 5.95. The van der Waals surface area contributed by atoms with Crippen LogP contribution in [0, 0.1) is 0 Å². The fourth-order valence-electron chi connectivity index (χ4n) is 3.13. The van der Waals surface area contributed by atoms with Crippen LogP contribution < -0.4 is 5.32 Å². The number of carbonyl (C=O) groups is 1. The Morgan fingerprint density at radius 2 is 1.76 bits per heavy atom. The quantitative estimate of drug-likeness (QED) is 0.594. The molecule has 0 saturated heterocycles. The summed E-state index contributed by atoms with van der Waals surface area (Å²) < 4.78 is 39.6. The number of benzene rings is 2. The number of anilines is 2. The van der Waals surface area contributed by atoms with Gasteiger partial charge >= 0.3 is 12.1 Å². The van der Waals surface area contributed by atoms with E-state index in [1.807, 2.05) is 6.07 Å². The number of hydrogen-bond donors (Lipinski definition) is 2. The maximum absolute atomic E-state index is 13.2. The topological polar surface area (TPSA) is 75.1 Å². The monoisotopic (exact) mass is 399 g/mol. The van der Waals surface area contributed by atoms with Crippen molar-refractivity contribution in [3.05, 3.63) is 71.5 Å². The molecule has 2 aromatic carbocycles. The second kappa shape index (κ2) is 7.20. The molecule has 8 heteroatoms. The van der Waals surface area contributed by atoms with Crippen LogP contribution in [0.25, 0.3) is 11.4 Å². The van der Waals surface area contributed by atoms with E-state index in [1.54, 1.807) is 12.1 Å². The van der Waals surface area contributed by atoms with Crippen LogP contribution >= 0.6 is 0 Å². The van der Waals surface area contributed by atoms with Gasteiger partial charge in [0.1, 0.15) is 0 Å². The lowest BCUT2D eigenvalue weighted by atomic mass is 10.0. The molecule has 1 aromatic heterocycles. The summed E-state index contributed by atoms with van der Waals surface area (Å²) in [6, 6.07) is 10.3. The molecule has 0 atom stereocenters. The zero-order valence-corrected chi connectivity index (χ0v) is 15.1. The van der Waals surface area contributed by atoms with Crippen molar-refractivity contribution in [2.24, 2.45) is 0 Å². The summed E-state index contributed by atoms with van der Waals surface area (Å²) in [6.07, 6.45) is 0.253. The van der Waals surface area contributed by atoms with E-state index in [0.717, 1.165) is 24.5 Å². The van der Waals surface area contributed by atoms with Crippen LogP contribution in [-0.4, -0.2) is 21.0 Å². The van der Waals surface area contributed by atoms with Crippen molar-refractivity contribution >= 4 is 17.3 Å². The highest BCUT2D eigenvalue weighted by Crippen LogP contribution is 2.41. The molecule has 0 aliphatic heterocycles. The van der Waals surface area contributed by atoms with Gasteiger partial charge in [0.25, 0.3) is 0 Å². The van der Waals surface area contributed by atoms with E-state index < -0.39 is 17.7 Å². The molecule has 0 radical (unpaired) electrons. The average molecular weight is 399 g/mol. The van der Waals surface area contributed by atoms with Crippen LogP contribution in [0.2, 0.25) is 0 Å². The summed E-state index contributed by atoms with van der Waals surface area (Å²) in [5, 5.41) is 12.4. The van der Waals surface area contributed by atoms with Gasteiger partial charge in [0, 0.05) is 5.56 Å². The number of nitrogens with zero attached hydrogens (tertiary/aromatic N) is 2. The number of halogens is 3. The number of rotatable bonds is 5. The number of alkyl halides is 3. The third kappa shape index (κ3) is 4.06. The van der Waals surface area contributed by atoms with Crippen molar-refractivity contribution in [1.29, 1.82) is 0 Å². The smallest absolute Gasteiger partial charge is 0.417 e. The van der Waals surface area contributed by atoms with E-state index >= 15 is 0 Å². The fourth-order valence-corrected chi connectivity index (χ4v) is 3.13. The summed E-state index contributed by atoms with van der Waals surface area (Å²) in [5.41, 5.74) is 0.925. The number of carboxylic acids is 1. The lowest BCUT2D eigenvalue weighted by molar-refractivity contribution is -0.137. The first kappa shape index (κ1) is 18.9. The highest BCUT2D eigenvalue weighted by atomic mass is 19.4. The molecule has 0 spiro atoms. The molecule has 148 valence electrons. The number of nitrogens with one attached hydrogen (secondary N) is 1. The molecule has 1 saturated carbocycles. The molecule has 1 aliphatic carbocycles. The minimum atomic E-state index is -4.52. The Morgan fingerprint density at radius 1 is 1.07 bits per heavy atom. The molecule has 0 unspecified atom stereocenters. The number of aromatic carboxylic acids is 1. The first-order chi connectivity index (χ1) is 13.8. The Bertz CT molecular complexity index is 1060. The lowest BCUT2D eigenvalue weighted by Crippen LogP contribution is -2.08. The van der Waals surface area contributed by atoms with E-state index in [-0.39, 0.29) is 17.0 Å².